The van der Waals surface area contributed by atoms with Crippen molar-refractivity contribution in [3.63, 3.8) is 0 Å². The zero-order chi connectivity index (χ0) is 8.01. The molecule has 1 heterocycles. The monoisotopic (exact) mass is 154 g/mol. The largest absolute Gasteiger partial charge is 0.338 e. The second kappa shape index (κ2) is 2.21. The highest BCUT2D eigenvalue weighted by Gasteiger charge is 2.43. The number of carbonyl (C=O) groups excluding carboxylic acids is 1. The maximum atomic E-state index is 11.3. The van der Waals surface area contributed by atoms with Crippen LogP contribution in [-0.2, 0) is 4.79 Å². The Hall–Kier alpha value is -0.570. The Bertz CT molecular complexity index is 193. The summed E-state index contributed by atoms with van der Waals surface area (Å²) in [6.45, 7) is 2.97. The van der Waals surface area contributed by atoms with E-state index in [0.29, 0.717) is 18.4 Å². The molecular formula is C8H14N2O. The fourth-order valence-corrected chi connectivity index (χ4v) is 1.82. The summed E-state index contributed by atoms with van der Waals surface area (Å²) in [6.07, 6.45) is 1.74. The average Bonchev–Trinajstić information content (AvgIpc) is 2.52. The van der Waals surface area contributed by atoms with Crippen LogP contribution in [0.3, 0.4) is 0 Å². The summed E-state index contributed by atoms with van der Waals surface area (Å²) >= 11 is 0. The number of hydrogen-bond donors (Lipinski definition) is 1. The van der Waals surface area contributed by atoms with E-state index in [0.717, 1.165) is 6.54 Å². The predicted molar refractivity (Wildman–Crippen MR) is 41.9 cm³/mol. The molecular weight excluding hydrogens is 140 g/mol. The lowest BCUT2D eigenvalue weighted by Gasteiger charge is -2.14. The van der Waals surface area contributed by atoms with Crippen molar-refractivity contribution in [3.05, 3.63) is 0 Å². The van der Waals surface area contributed by atoms with E-state index in [1.165, 1.54) is 6.42 Å². The molecule has 1 saturated heterocycles. The normalized spacial score (nSPS) is 43.3. The highest BCUT2D eigenvalue weighted by Crippen LogP contribution is 2.36. The molecule has 1 amide bonds. The van der Waals surface area contributed by atoms with Gasteiger partial charge in [0.05, 0.1) is 0 Å². The Balaban J connectivity index is 1.99. The van der Waals surface area contributed by atoms with Crippen molar-refractivity contribution in [2.24, 2.45) is 11.7 Å². The number of rotatable bonds is 1. The molecule has 3 atom stereocenters. The first kappa shape index (κ1) is 7.10. The van der Waals surface area contributed by atoms with Crippen molar-refractivity contribution in [1.29, 1.82) is 0 Å². The number of likely N-dealkylation sites (tertiary alicyclic amines) is 1. The van der Waals surface area contributed by atoms with E-state index in [9.17, 15) is 4.79 Å². The third-order valence-corrected chi connectivity index (χ3v) is 2.66. The molecule has 11 heavy (non-hydrogen) atoms. The number of nitrogens with two attached hydrogens (primary N) is 1. The Morgan fingerprint density at radius 2 is 2.27 bits per heavy atom. The quantitative estimate of drug-likeness (QED) is 0.576. The zero-order valence-electron chi connectivity index (χ0n) is 6.79. The van der Waals surface area contributed by atoms with Gasteiger partial charge in [0, 0.05) is 25.0 Å². The van der Waals surface area contributed by atoms with Crippen LogP contribution in [-0.4, -0.2) is 29.4 Å². The van der Waals surface area contributed by atoms with Crippen LogP contribution in [0, 0.1) is 5.92 Å². The van der Waals surface area contributed by atoms with Crippen LogP contribution in [0.1, 0.15) is 19.8 Å². The molecule has 3 nitrogen and oxygen atoms in total. The van der Waals surface area contributed by atoms with Crippen LogP contribution in [0.4, 0.5) is 0 Å². The highest BCUT2D eigenvalue weighted by atomic mass is 16.2. The second-order valence-electron chi connectivity index (χ2n) is 3.79. The lowest BCUT2D eigenvalue weighted by Crippen LogP contribution is -2.30. The first-order valence-electron chi connectivity index (χ1n) is 4.23. The Kier molecular flexibility index (Phi) is 1.42. The van der Waals surface area contributed by atoms with Gasteiger partial charge in [0.1, 0.15) is 0 Å². The van der Waals surface area contributed by atoms with E-state index in [1.807, 2.05) is 4.90 Å². The summed E-state index contributed by atoms with van der Waals surface area (Å²) in [5.41, 5.74) is 5.66. The first-order chi connectivity index (χ1) is 5.18. The molecule has 2 aliphatic rings. The molecule has 1 aliphatic heterocycles. The summed E-state index contributed by atoms with van der Waals surface area (Å²) in [4.78, 5) is 13.2. The van der Waals surface area contributed by atoms with Gasteiger partial charge in [0.25, 0.3) is 0 Å². The Labute approximate surface area is 66.5 Å². The number of hydrogen-bond acceptors (Lipinski definition) is 2. The molecule has 0 radical (unpaired) electrons. The van der Waals surface area contributed by atoms with E-state index >= 15 is 0 Å². The van der Waals surface area contributed by atoms with Crippen molar-refractivity contribution >= 4 is 5.91 Å². The molecule has 2 N–H and O–H groups in total. The third-order valence-electron chi connectivity index (χ3n) is 2.66. The van der Waals surface area contributed by atoms with Crippen molar-refractivity contribution in [2.75, 3.05) is 6.54 Å². The Morgan fingerprint density at radius 1 is 1.64 bits per heavy atom. The molecule has 62 valence electrons. The summed E-state index contributed by atoms with van der Waals surface area (Å²) in [5.74, 6) is 0.969. The fraction of sp³-hybridized carbons (Fsp3) is 0.875. The lowest BCUT2D eigenvalue weighted by atomic mass is 10.3. The molecule has 0 unspecified atom stereocenters. The van der Waals surface area contributed by atoms with Gasteiger partial charge in [-0.3, -0.25) is 4.79 Å². The van der Waals surface area contributed by atoms with Crippen molar-refractivity contribution in [1.82, 2.24) is 4.90 Å². The van der Waals surface area contributed by atoms with Gasteiger partial charge in [-0.2, -0.15) is 0 Å². The van der Waals surface area contributed by atoms with Gasteiger partial charge in [0.2, 0.25) is 5.91 Å². The van der Waals surface area contributed by atoms with Gasteiger partial charge in [0.15, 0.2) is 0 Å². The molecule has 2 rings (SSSR count). The van der Waals surface area contributed by atoms with Crippen LogP contribution in [0.15, 0.2) is 0 Å². The van der Waals surface area contributed by atoms with E-state index in [2.05, 4.69) is 6.92 Å². The van der Waals surface area contributed by atoms with Crippen LogP contribution in [0.25, 0.3) is 0 Å². The van der Waals surface area contributed by atoms with Crippen LogP contribution in [0.5, 0.6) is 0 Å². The van der Waals surface area contributed by atoms with E-state index in [-0.39, 0.29) is 11.9 Å². The molecule has 0 aromatic heterocycles. The average molecular weight is 154 g/mol. The van der Waals surface area contributed by atoms with Gasteiger partial charge < -0.3 is 10.6 Å². The van der Waals surface area contributed by atoms with Gasteiger partial charge in [-0.25, -0.2) is 0 Å². The molecule has 0 bridgehead atoms. The van der Waals surface area contributed by atoms with Gasteiger partial charge in [-0.05, 0) is 12.3 Å². The van der Waals surface area contributed by atoms with Crippen molar-refractivity contribution in [2.45, 2.75) is 31.8 Å². The minimum Gasteiger partial charge on any atom is -0.338 e. The Morgan fingerprint density at radius 3 is 2.64 bits per heavy atom. The minimum absolute atomic E-state index is 0.0929. The van der Waals surface area contributed by atoms with Crippen LogP contribution < -0.4 is 5.73 Å². The predicted octanol–water partition coefficient (Wildman–Crippen LogP) is -0.0456. The number of amides is 1. The molecule has 3 heteroatoms. The first-order valence-corrected chi connectivity index (χ1v) is 4.23. The molecule has 2 fully saturated rings. The molecule has 0 aromatic carbocycles. The lowest BCUT2D eigenvalue weighted by molar-refractivity contribution is -0.128. The molecule has 1 aliphatic carbocycles. The van der Waals surface area contributed by atoms with E-state index < -0.39 is 0 Å². The molecule has 1 saturated carbocycles. The van der Waals surface area contributed by atoms with E-state index in [4.69, 9.17) is 5.73 Å². The summed E-state index contributed by atoms with van der Waals surface area (Å²) in [5, 5.41) is 0. The van der Waals surface area contributed by atoms with Crippen LogP contribution >= 0.6 is 0 Å². The third kappa shape index (κ3) is 1.13. The summed E-state index contributed by atoms with van der Waals surface area (Å²) in [7, 11) is 0. The second-order valence-corrected chi connectivity index (χ2v) is 3.79. The maximum absolute atomic E-state index is 11.3. The SMILES string of the molecule is C[C@H]1C[C@H]1N1C[C@@H](N)CC1=O. The van der Waals surface area contributed by atoms with Crippen LogP contribution in [0.2, 0.25) is 0 Å². The molecule has 0 aromatic rings. The smallest absolute Gasteiger partial charge is 0.224 e. The van der Waals surface area contributed by atoms with Crippen molar-refractivity contribution in [3.8, 4) is 0 Å². The van der Waals surface area contributed by atoms with E-state index in [1.54, 1.807) is 0 Å². The number of nitrogens with zero attached hydrogens (tertiary/aromatic N) is 1. The maximum Gasteiger partial charge on any atom is 0.224 e. The van der Waals surface area contributed by atoms with Gasteiger partial charge in [-0.1, -0.05) is 6.92 Å². The van der Waals surface area contributed by atoms with Gasteiger partial charge in [-0.15, -0.1) is 0 Å². The topological polar surface area (TPSA) is 46.3 Å². The molecule has 0 spiro atoms. The number of carbonyl (C=O) groups is 1. The summed E-state index contributed by atoms with van der Waals surface area (Å²) < 4.78 is 0. The minimum atomic E-state index is 0.0929. The fourth-order valence-electron chi connectivity index (χ4n) is 1.82. The summed E-state index contributed by atoms with van der Waals surface area (Å²) in [6, 6.07) is 0.617. The highest BCUT2D eigenvalue weighted by molar-refractivity contribution is 5.80. The standard InChI is InChI=1S/C8H14N2O/c1-5-2-7(5)10-4-6(9)3-8(10)11/h5-7H,2-4,9H2,1H3/t5-,6-,7+/m0/s1. The van der Waals surface area contributed by atoms with Crippen molar-refractivity contribution < 1.29 is 4.79 Å². The van der Waals surface area contributed by atoms with Gasteiger partial charge >= 0.3 is 0 Å². The zero-order valence-corrected chi connectivity index (χ0v) is 6.79.